The third-order valence-electron chi connectivity index (χ3n) is 2.85. The summed E-state index contributed by atoms with van der Waals surface area (Å²) in [5.41, 5.74) is 0.836. The van der Waals surface area contributed by atoms with Gasteiger partial charge in [0.25, 0.3) is 0 Å². The number of benzene rings is 1. The Kier molecular flexibility index (Phi) is 6.31. The highest BCUT2D eigenvalue weighted by Gasteiger charge is 2.13. The Morgan fingerprint density at radius 2 is 1.95 bits per heavy atom. The highest BCUT2D eigenvalue weighted by Crippen LogP contribution is 2.21. The van der Waals surface area contributed by atoms with Gasteiger partial charge in [-0.05, 0) is 24.5 Å². The molecule has 110 valence electrons. The lowest BCUT2D eigenvalue weighted by molar-refractivity contribution is -0.137. The summed E-state index contributed by atoms with van der Waals surface area (Å²) in [5, 5.41) is 14.6. The van der Waals surface area contributed by atoms with Crippen molar-refractivity contribution in [2.75, 3.05) is 6.54 Å². The normalized spacial score (nSPS) is 13.3. The average molecular weight is 299 g/mol. The fourth-order valence-corrected chi connectivity index (χ4v) is 2.09. The molecule has 0 spiro atoms. The third-order valence-corrected chi connectivity index (χ3v) is 3.20. The molecule has 0 aliphatic rings. The molecule has 0 aliphatic heterocycles. The molecule has 0 aromatic heterocycles. The van der Waals surface area contributed by atoms with Gasteiger partial charge in [-0.1, -0.05) is 36.7 Å². The number of hydrogen-bond donors (Lipinski definition) is 3. The largest absolute Gasteiger partial charge is 0.481 e. The van der Waals surface area contributed by atoms with Gasteiger partial charge in [0.05, 0.1) is 6.04 Å². The number of halogens is 1. The van der Waals surface area contributed by atoms with Crippen LogP contribution in [0, 0.1) is 5.92 Å². The third kappa shape index (κ3) is 5.48. The molecule has 2 atom stereocenters. The molecule has 6 heteroatoms. The predicted molar refractivity (Wildman–Crippen MR) is 77.8 cm³/mol. The number of nitrogens with one attached hydrogen (secondary N) is 2. The molecule has 2 amide bonds. The van der Waals surface area contributed by atoms with Crippen LogP contribution in [0.25, 0.3) is 0 Å². The Bertz CT molecular complexity index is 479. The Morgan fingerprint density at radius 3 is 2.55 bits per heavy atom. The number of aliphatic carboxylic acids is 1. The summed E-state index contributed by atoms with van der Waals surface area (Å²) in [6.45, 7) is 3.92. The molecule has 1 aromatic carbocycles. The summed E-state index contributed by atoms with van der Waals surface area (Å²) in [7, 11) is 0. The number of carbonyl (C=O) groups is 2. The molecular weight excluding hydrogens is 280 g/mol. The van der Waals surface area contributed by atoms with Gasteiger partial charge in [0, 0.05) is 18.0 Å². The SMILES string of the molecule is CC(CNC(=O)NC(C)c1ccccc1Cl)CC(=O)O. The zero-order valence-electron chi connectivity index (χ0n) is 11.5. The molecular formula is C14H19ClN2O3. The maximum absolute atomic E-state index is 11.7. The number of urea groups is 1. The van der Waals surface area contributed by atoms with Gasteiger partial charge >= 0.3 is 12.0 Å². The number of amides is 2. The van der Waals surface area contributed by atoms with Gasteiger partial charge < -0.3 is 15.7 Å². The minimum Gasteiger partial charge on any atom is -0.481 e. The molecule has 1 rings (SSSR count). The van der Waals surface area contributed by atoms with Crippen molar-refractivity contribution in [3.05, 3.63) is 34.9 Å². The van der Waals surface area contributed by atoms with Crippen molar-refractivity contribution in [3.63, 3.8) is 0 Å². The molecule has 1 aromatic rings. The van der Waals surface area contributed by atoms with E-state index in [0.29, 0.717) is 11.6 Å². The van der Waals surface area contributed by atoms with Crippen molar-refractivity contribution >= 4 is 23.6 Å². The first-order valence-corrected chi connectivity index (χ1v) is 6.78. The van der Waals surface area contributed by atoms with Crippen LogP contribution in [0.5, 0.6) is 0 Å². The molecule has 3 N–H and O–H groups in total. The van der Waals surface area contributed by atoms with Gasteiger partial charge in [-0.3, -0.25) is 4.79 Å². The van der Waals surface area contributed by atoms with Crippen LogP contribution in [0.15, 0.2) is 24.3 Å². The fourth-order valence-electron chi connectivity index (χ4n) is 1.79. The van der Waals surface area contributed by atoms with Crippen LogP contribution in [-0.4, -0.2) is 23.7 Å². The van der Waals surface area contributed by atoms with E-state index >= 15 is 0 Å². The molecule has 0 heterocycles. The summed E-state index contributed by atoms with van der Waals surface area (Å²) < 4.78 is 0. The number of hydrogen-bond acceptors (Lipinski definition) is 2. The highest BCUT2D eigenvalue weighted by atomic mass is 35.5. The van der Waals surface area contributed by atoms with Gasteiger partial charge in [-0.2, -0.15) is 0 Å². The Hall–Kier alpha value is -1.75. The highest BCUT2D eigenvalue weighted by molar-refractivity contribution is 6.31. The van der Waals surface area contributed by atoms with Crippen molar-refractivity contribution < 1.29 is 14.7 Å². The van der Waals surface area contributed by atoms with Gasteiger partial charge in [0.2, 0.25) is 0 Å². The first kappa shape index (κ1) is 16.3. The maximum atomic E-state index is 11.7. The second kappa shape index (κ2) is 7.75. The van der Waals surface area contributed by atoms with Crippen LogP contribution in [0.3, 0.4) is 0 Å². The molecule has 0 saturated carbocycles. The lowest BCUT2D eigenvalue weighted by Crippen LogP contribution is -2.39. The average Bonchev–Trinajstić information content (AvgIpc) is 2.36. The molecule has 0 fully saturated rings. The van der Waals surface area contributed by atoms with Crippen molar-refractivity contribution in [1.82, 2.24) is 10.6 Å². The number of carbonyl (C=O) groups excluding carboxylic acids is 1. The predicted octanol–water partition coefficient (Wildman–Crippen LogP) is 2.81. The second-order valence-electron chi connectivity index (χ2n) is 4.80. The first-order chi connectivity index (χ1) is 9.40. The standard InChI is InChI=1S/C14H19ClN2O3/c1-9(7-13(18)19)8-16-14(20)17-10(2)11-5-3-4-6-12(11)15/h3-6,9-10H,7-8H2,1-2H3,(H,18,19)(H2,16,17,20). The molecule has 5 nitrogen and oxygen atoms in total. The van der Waals surface area contributed by atoms with Crippen LogP contribution in [-0.2, 0) is 4.79 Å². The molecule has 0 bridgehead atoms. The van der Waals surface area contributed by atoms with Crippen molar-refractivity contribution in [3.8, 4) is 0 Å². The second-order valence-corrected chi connectivity index (χ2v) is 5.21. The minimum atomic E-state index is -0.871. The molecule has 0 aliphatic carbocycles. The molecule has 20 heavy (non-hydrogen) atoms. The van der Waals surface area contributed by atoms with Gasteiger partial charge in [-0.25, -0.2) is 4.79 Å². The van der Waals surface area contributed by atoms with Crippen molar-refractivity contribution in [1.29, 1.82) is 0 Å². The number of carboxylic acids is 1. The Morgan fingerprint density at radius 1 is 1.30 bits per heavy atom. The number of carboxylic acid groups (broad SMARTS) is 1. The Balaban J connectivity index is 2.43. The van der Waals surface area contributed by atoms with Crippen LogP contribution >= 0.6 is 11.6 Å². The lowest BCUT2D eigenvalue weighted by Gasteiger charge is -2.17. The van der Waals surface area contributed by atoms with E-state index in [4.69, 9.17) is 16.7 Å². The smallest absolute Gasteiger partial charge is 0.315 e. The zero-order valence-corrected chi connectivity index (χ0v) is 12.3. The zero-order chi connectivity index (χ0) is 15.1. The minimum absolute atomic E-state index is 0.0281. The van der Waals surface area contributed by atoms with E-state index in [2.05, 4.69) is 10.6 Å². The van der Waals surface area contributed by atoms with Gasteiger partial charge in [0.1, 0.15) is 0 Å². The summed E-state index contributed by atoms with van der Waals surface area (Å²) in [6.07, 6.45) is 0.0281. The topological polar surface area (TPSA) is 78.4 Å². The Labute approximate surface area is 123 Å². The first-order valence-electron chi connectivity index (χ1n) is 6.40. The quantitative estimate of drug-likeness (QED) is 0.755. The van der Waals surface area contributed by atoms with E-state index in [1.807, 2.05) is 25.1 Å². The maximum Gasteiger partial charge on any atom is 0.315 e. The number of rotatable bonds is 6. The van der Waals surface area contributed by atoms with E-state index in [9.17, 15) is 9.59 Å². The van der Waals surface area contributed by atoms with E-state index in [1.165, 1.54) is 0 Å². The van der Waals surface area contributed by atoms with Gasteiger partial charge in [-0.15, -0.1) is 0 Å². The van der Waals surface area contributed by atoms with Crippen LogP contribution in [0.1, 0.15) is 31.9 Å². The van der Waals surface area contributed by atoms with E-state index < -0.39 is 5.97 Å². The van der Waals surface area contributed by atoms with Crippen LogP contribution in [0.2, 0.25) is 5.02 Å². The summed E-state index contributed by atoms with van der Waals surface area (Å²) in [4.78, 5) is 22.2. The summed E-state index contributed by atoms with van der Waals surface area (Å²) >= 11 is 6.05. The molecule has 2 unspecified atom stereocenters. The van der Waals surface area contributed by atoms with Crippen molar-refractivity contribution in [2.24, 2.45) is 5.92 Å². The fraction of sp³-hybridized carbons (Fsp3) is 0.429. The van der Waals surface area contributed by atoms with Crippen LogP contribution < -0.4 is 10.6 Å². The molecule has 0 saturated heterocycles. The van der Waals surface area contributed by atoms with E-state index in [0.717, 1.165) is 5.56 Å². The van der Waals surface area contributed by atoms with E-state index in [-0.39, 0.29) is 24.4 Å². The lowest BCUT2D eigenvalue weighted by atomic mass is 10.1. The monoisotopic (exact) mass is 298 g/mol. The summed E-state index contributed by atoms with van der Waals surface area (Å²) in [5.74, 6) is -0.988. The molecule has 0 radical (unpaired) electrons. The van der Waals surface area contributed by atoms with Crippen molar-refractivity contribution in [2.45, 2.75) is 26.3 Å². The van der Waals surface area contributed by atoms with Crippen LogP contribution in [0.4, 0.5) is 4.79 Å². The summed E-state index contributed by atoms with van der Waals surface area (Å²) in [6, 6.07) is 6.73. The van der Waals surface area contributed by atoms with Gasteiger partial charge in [0.15, 0.2) is 0 Å². The van der Waals surface area contributed by atoms with E-state index in [1.54, 1.807) is 13.0 Å².